The zero-order valence-corrected chi connectivity index (χ0v) is 20.3. The third kappa shape index (κ3) is 4.58. The van der Waals surface area contributed by atoms with Crippen molar-refractivity contribution in [2.45, 2.75) is 31.6 Å². The Morgan fingerprint density at radius 2 is 1.77 bits per heavy atom. The van der Waals surface area contributed by atoms with Gasteiger partial charge in [-0.1, -0.05) is 0 Å². The minimum atomic E-state index is 0.552. The van der Waals surface area contributed by atoms with E-state index in [0.29, 0.717) is 11.8 Å². The molecule has 2 aliphatic rings. The second kappa shape index (κ2) is 9.84. The third-order valence-corrected chi connectivity index (χ3v) is 7.68. The van der Waals surface area contributed by atoms with Crippen molar-refractivity contribution in [3.05, 3.63) is 60.6 Å². The van der Waals surface area contributed by atoms with Gasteiger partial charge in [-0.2, -0.15) is 0 Å². The van der Waals surface area contributed by atoms with Gasteiger partial charge >= 0.3 is 0 Å². The highest BCUT2D eigenvalue weighted by Crippen LogP contribution is 2.36. The van der Waals surface area contributed by atoms with Crippen LogP contribution in [0.25, 0.3) is 21.9 Å². The second-order valence-electron chi connectivity index (χ2n) is 9.79. The molecule has 2 aliphatic heterocycles. The predicted octanol–water partition coefficient (Wildman–Crippen LogP) is 5.01. The molecular weight excluding hydrogens is 438 g/mol. The third-order valence-electron chi connectivity index (χ3n) is 7.68. The van der Waals surface area contributed by atoms with Gasteiger partial charge in [0.2, 0.25) is 0 Å². The number of aromatic amines is 1. The van der Waals surface area contributed by atoms with E-state index in [2.05, 4.69) is 37.1 Å². The summed E-state index contributed by atoms with van der Waals surface area (Å²) in [5, 5.41) is 7.63. The highest BCUT2D eigenvalue weighted by atomic mass is 16.5. The van der Waals surface area contributed by atoms with Crippen LogP contribution in [0.2, 0.25) is 0 Å². The van der Waals surface area contributed by atoms with Crippen LogP contribution in [-0.4, -0.2) is 64.9 Å². The van der Waals surface area contributed by atoms with Gasteiger partial charge in [-0.25, -0.2) is 15.0 Å². The number of methoxy groups -OCH3 is 1. The smallest absolute Gasteiger partial charge is 0.137 e. The SMILES string of the molecule is COc1ccc(OCC2CCCN(N3CCC(c4ccnc5cnc6[nH]ccc6c45)CC3)C2)cc1. The van der Waals surface area contributed by atoms with Gasteiger partial charge in [-0.3, -0.25) is 4.98 Å². The van der Waals surface area contributed by atoms with E-state index < -0.39 is 0 Å². The molecule has 7 heteroatoms. The van der Waals surface area contributed by atoms with Crippen molar-refractivity contribution in [1.82, 2.24) is 25.0 Å². The quantitative estimate of drug-likeness (QED) is 0.427. The van der Waals surface area contributed by atoms with Crippen LogP contribution in [-0.2, 0) is 0 Å². The molecule has 4 aromatic rings. The lowest BCUT2D eigenvalue weighted by atomic mass is 9.87. The Bertz CT molecular complexity index is 1280. The number of pyridine rings is 2. The van der Waals surface area contributed by atoms with Crippen LogP contribution >= 0.6 is 0 Å². The molecule has 0 bridgehead atoms. The van der Waals surface area contributed by atoms with Gasteiger partial charge in [0.15, 0.2) is 0 Å². The second-order valence-corrected chi connectivity index (χ2v) is 9.79. The van der Waals surface area contributed by atoms with Gasteiger partial charge < -0.3 is 14.5 Å². The van der Waals surface area contributed by atoms with E-state index in [1.54, 1.807) is 7.11 Å². The summed E-state index contributed by atoms with van der Waals surface area (Å²) in [7, 11) is 1.69. The molecule has 1 atom stereocenters. The number of hydrogen-bond acceptors (Lipinski definition) is 6. The molecule has 0 aliphatic carbocycles. The van der Waals surface area contributed by atoms with Crippen LogP contribution < -0.4 is 9.47 Å². The van der Waals surface area contributed by atoms with Gasteiger partial charge in [-0.05, 0) is 73.6 Å². The molecule has 0 spiro atoms. The zero-order chi connectivity index (χ0) is 23.6. The van der Waals surface area contributed by atoms with E-state index in [9.17, 15) is 0 Å². The number of fused-ring (bicyclic) bond motifs is 3. The molecular formula is C28H33N5O2. The molecule has 0 amide bonds. The molecule has 1 N–H and O–H groups in total. The molecule has 6 rings (SSSR count). The first-order valence-electron chi connectivity index (χ1n) is 12.8. The van der Waals surface area contributed by atoms with E-state index in [4.69, 9.17) is 9.47 Å². The van der Waals surface area contributed by atoms with Gasteiger partial charge in [0.25, 0.3) is 0 Å². The summed E-state index contributed by atoms with van der Waals surface area (Å²) in [5.74, 6) is 2.89. The molecule has 2 fully saturated rings. The van der Waals surface area contributed by atoms with Crippen LogP contribution in [0.3, 0.4) is 0 Å². The molecule has 5 heterocycles. The molecule has 0 radical (unpaired) electrons. The van der Waals surface area contributed by atoms with Gasteiger partial charge in [0.1, 0.15) is 17.1 Å². The summed E-state index contributed by atoms with van der Waals surface area (Å²) >= 11 is 0. The maximum Gasteiger partial charge on any atom is 0.137 e. The molecule has 182 valence electrons. The highest BCUT2D eigenvalue weighted by molar-refractivity contribution is 6.05. The fourth-order valence-corrected chi connectivity index (χ4v) is 5.80. The van der Waals surface area contributed by atoms with Crippen LogP contribution in [0.5, 0.6) is 11.5 Å². The Balaban J connectivity index is 1.08. The van der Waals surface area contributed by atoms with E-state index >= 15 is 0 Å². The van der Waals surface area contributed by atoms with Gasteiger partial charge in [-0.15, -0.1) is 0 Å². The molecule has 7 nitrogen and oxygen atoms in total. The summed E-state index contributed by atoms with van der Waals surface area (Å²) in [5.41, 5.74) is 3.36. The van der Waals surface area contributed by atoms with Crippen LogP contribution in [0, 0.1) is 5.92 Å². The highest BCUT2D eigenvalue weighted by Gasteiger charge is 2.29. The average Bonchev–Trinajstić information content (AvgIpc) is 3.41. The number of rotatable bonds is 6. The lowest BCUT2D eigenvalue weighted by Gasteiger charge is -2.43. The number of H-pyrrole nitrogens is 1. The van der Waals surface area contributed by atoms with Crippen molar-refractivity contribution < 1.29 is 9.47 Å². The number of benzene rings is 1. The number of piperidine rings is 2. The fourth-order valence-electron chi connectivity index (χ4n) is 5.80. The number of hydrazine groups is 1. The first-order valence-corrected chi connectivity index (χ1v) is 12.8. The average molecular weight is 472 g/mol. The number of nitrogens with zero attached hydrogens (tertiary/aromatic N) is 4. The molecule has 35 heavy (non-hydrogen) atoms. The van der Waals surface area contributed by atoms with Crippen molar-refractivity contribution in [1.29, 1.82) is 0 Å². The summed E-state index contributed by atoms with van der Waals surface area (Å²) in [6, 6.07) is 12.2. The van der Waals surface area contributed by atoms with Crippen LogP contribution in [0.15, 0.2) is 55.0 Å². The van der Waals surface area contributed by atoms with E-state index in [0.717, 1.165) is 68.3 Å². The molecule has 2 saturated heterocycles. The van der Waals surface area contributed by atoms with Crippen molar-refractivity contribution in [2.75, 3.05) is 39.9 Å². The van der Waals surface area contributed by atoms with Gasteiger partial charge in [0.05, 0.1) is 25.4 Å². The topological polar surface area (TPSA) is 66.5 Å². The van der Waals surface area contributed by atoms with Crippen molar-refractivity contribution in [3.8, 4) is 11.5 Å². The maximum absolute atomic E-state index is 6.11. The molecule has 0 saturated carbocycles. The molecule has 1 aromatic carbocycles. The Labute approximate surface area is 206 Å². The zero-order valence-electron chi connectivity index (χ0n) is 20.3. The van der Waals surface area contributed by atoms with Crippen molar-refractivity contribution >= 4 is 21.9 Å². The largest absolute Gasteiger partial charge is 0.497 e. The first kappa shape index (κ1) is 22.3. The number of nitrogens with one attached hydrogen (secondary N) is 1. The Kier molecular flexibility index (Phi) is 6.27. The standard InChI is InChI=1S/C28H33N5O2/c1-34-22-4-6-23(7-5-22)35-19-20-3-2-14-33(18-20)32-15-10-21(11-16-32)24-8-12-29-26-17-31-28-25(27(24)26)9-13-30-28/h4-9,12-13,17,20-21H,2-3,10-11,14-16,18-19H2,1H3,(H,30,31). The monoisotopic (exact) mass is 471 g/mol. The summed E-state index contributed by atoms with van der Waals surface area (Å²) in [6.07, 6.45) is 10.6. The normalized spacial score (nSPS) is 20.4. The minimum absolute atomic E-state index is 0.552. The van der Waals surface area contributed by atoms with E-state index in [1.165, 1.54) is 29.2 Å². The molecule has 3 aromatic heterocycles. The van der Waals surface area contributed by atoms with Crippen LogP contribution in [0.4, 0.5) is 0 Å². The molecule has 1 unspecified atom stereocenters. The van der Waals surface area contributed by atoms with Crippen molar-refractivity contribution in [3.63, 3.8) is 0 Å². The minimum Gasteiger partial charge on any atom is -0.497 e. The summed E-state index contributed by atoms with van der Waals surface area (Å²) < 4.78 is 11.4. The van der Waals surface area contributed by atoms with Crippen molar-refractivity contribution in [2.24, 2.45) is 5.92 Å². The fraction of sp³-hybridized carbons (Fsp3) is 0.429. The lowest BCUT2D eigenvalue weighted by molar-refractivity contribution is -0.0737. The Hall–Kier alpha value is -3.16. The Morgan fingerprint density at radius 1 is 0.943 bits per heavy atom. The van der Waals surface area contributed by atoms with E-state index in [-0.39, 0.29) is 0 Å². The number of hydrogen-bond donors (Lipinski definition) is 1. The van der Waals surface area contributed by atoms with Crippen LogP contribution in [0.1, 0.15) is 37.2 Å². The maximum atomic E-state index is 6.11. The number of ether oxygens (including phenoxy) is 2. The first-order chi connectivity index (χ1) is 17.3. The summed E-state index contributed by atoms with van der Waals surface area (Å²) in [4.78, 5) is 12.4. The van der Waals surface area contributed by atoms with Gasteiger partial charge in [0, 0.05) is 55.3 Å². The Morgan fingerprint density at radius 3 is 2.60 bits per heavy atom. The summed E-state index contributed by atoms with van der Waals surface area (Å²) in [6.45, 7) is 5.19. The lowest BCUT2D eigenvalue weighted by Crippen LogP contribution is -2.51. The predicted molar refractivity (Wildman–Crippen MR) is 138 cm³/mol. The number of aromatic nitrogens is 3. The van der Waals surface area contributed by atoms with E-state index in [1.807, 2.05) is 42.9 Å².